The van der Waals surface area contributed by atoms with E-state index in [0.29, 0.717) is 18.2 Å². The highest BCUT2D eigenvalue weighted by Crippen LogP contribution is 2.33. The van der Waals surface area contributed by atoms with Gasteiger partial charge in [-0.3, -0.25) is 19.7 Å². The quantitative estimate of drug-likeness (QED) is 0.425. The van der Waals surface area contributed by atoms with E-state index >= 15 is 0 Å². The van der Waals surface area contributed by atoms with Gasteiger partial charge in [0.15, 0.2) is 0 Å². The Morgan fingerprint density at radius 3 is 2.69 bits per heavy atom. The average molecular weight is 481 g/mol. The summed E-state index contributed by atoms with van der Waals surface area (Å²) in [6, 6.07) is 16.6. The molecule has 36 heavy (non-hydrogen) atoms. The number of aromatic nitrogens is 4. The predicted molar refractivity (Wildman–Crippen MR) is 140 cm³/mol. The van der Waals surface area contributed by atoms with Crippen molar-refractivity contribution in [3.05, 3.63) is 77.5 Å². The van der Waals surface area contributed by atoms with E-state index in [0.717, 1.165) is 78.6 Å². The molecule has 1 aliphatic heterocycles. The van der Waals surface area contributed by atoms with Crippen molar-refractivity contribution < 1.29 is 4.79 Å². The summed E-state index contributed by atoms with van der Waals surface area (Å²) in [7, 11) is 0. The number of amides is 1. The number of benzene rings is 1. The summed E-state index contributed by atoms with van der Waals surface area (Å²) in [5, 5.41) is 0. The van der Waals surface area contributed by atoms with Gasteiger partial charge in [-0.25, -0.2) is 4.98 Å². The number of H-pyrrole nitrogens is 1. The van der Waals surface area contributed by atoms with Gasteiger partial charge in [0.2, 0.25) is 5.91 Å². The fourth-order valence-corrected chi connectivity index (χ4v) is 5.02. The molecule has 0 bridgehead atoms. The number of carbonyl (C=O) groups excluding carboxylic acids is 1. The summed E-state index contributed by atoms with van der Waals surface area (Å²) in [5.74, 6) is 1.91. The van der Waals surface area contributed by atoms with Crippen molar-refractivity contribution in [3.63, 3.8) is 0 Å². The molecule has 2 aliphatic rings. The van der Waals surface area contributed by atoms with E-state index in [4.69, 9.17) is 4.98 Å². The van der Waals surface area contributed by atoms with E-state index in [1.165, 1.54) is 18.4 Å². The standard InChI is InChI=1S/C29H32N6O/c1-20-3-2-4-25(31-20)23-7-8-26-27(17-23)33-28(32-26)18-24-15-22(9-10-30-24)19-34-11-13-35(14-12-34)29(36)16-21-5-6-21/h2-4,7-10,15,17,21H,5-6,11-14,16,18-19H2,1H3,(H,32,33). The topological polar surface area (TPSA) is 78.0 Å². The van der Waals surface area contributed by atoms with Gasteiger partial charge in [0.05, 0.1) is 16.7 Å². The zero-order valence-electron chi connectivity index (χ0n) is 20.8. The molecule has 1 saturated heterocycles. The highest BCUT2D eigenvalue weighted by atomic mass is 16.2. The van der Waals surface area contributed by atoms with Gasteiger partial charge in [-0.15, -0.1) is 0 Å². The number of nitrogens with zero attached hydrogens (tertiary/aromatic N) is 5. The summed E-state index contributed by atoms with van der Waals surface area (Å²) in [6.07, 6.45) is 5.76. The lowest BCUT2D eigenvalue weighted by molar-refractivity contribution is -0.133. The Morgan fingerprint density at radius 2 is 1.89 bits per heavy atom. The van der Waals surface area contributed by atoms with Crippen LogP contribution in [0.1, 0.15) is 42.0 Å². The van der Waals surface area contributed by atoms with E-state index in [-0.39, 0.29) is 0 Å². The molecular weight excluding hydrogens is 448 g/mol. The first-order chi connectivity index (χ1) is 17.6. The van der Waals surface area contributed by atoms with Crippen LogP contribution < -0.4 is 0 Å². The summed E-state index contributed by atoms with van der Waals surface area (Å²) in [4.78, 5) is 34.4. The Kier molecular flexibility index (Phi) is 6.23. The van der Waals surface area contributed by atoms with Crippen molar-refractivity contribution >= 4 is 16.9 Å². The van der Waals surface area contributed by atoms with E-state index in [1.54, 1.807) is 0 Å². The lowest BCUT2D eigenvalue weighted by Crippen LogP contribution is -2.48. The first-order valence-corrected chi connectivity index (χ1v) is 13.0. The van der Waals surface area contributed by atoms with Crippen LogP contribution in [0.3, 0.4) is 0 Å². The second-order valence-electron chi connectivity index (χ2n) is 10.2. The summed E-state index contributed by atoms with van der Waals surface area (Å²) >= 11 is 0. The van der Waals surface area contributed by atoms with Gasteiger partial charge in [-0.1, -0.05) is 12.1 Å². The minimum Gasteiger partial charge on any atom is -0.342 e. The van der Waals surface area contributed by atoms with E-state index in [2.05, 4.69) is 49.0 Å². The number of aromatic amines is 1. The first-order valence-electron chi connectivity index (χ1n) is 13.0. The van der Waals surface area contributed by atoms with Crippen LogP contribution in [0.4, 0.5) is 0 Å². The maximum absolute atomic E-state index is 12.4. The molecule has 7 nitrogen and oxygen atoms in total. The van der Waals surface area contributed by atoms with Crippen molar-refractivity contribution in [3.8, 4) is 11.3 Å². The molecular formula is C29H32N6O. The molecule has 184 valence electrons. The molecule has 0 spiro atoms. The highest BCUT2D eigenvalue weighted by Gasteiger charge is 2.28. The third-order valence-electron chi connectivity index (χ3n) is 7.24. The molecule has 1 N–H and O–H groups in total. The largest absolute Gasteiger partial charge is 0.342 e. The highest BCUT2D eigenvalue weighted by molar-refractivity contribution is 5.81. The molecule has 6 rings (SSSR count). The molecule has 1 aliphatic carbocycles. The Bertz CT molecular complexity index is 1380. The number of hydrogen-bond donors (Lipinski definition) is 1. The fourth-order valence-electron chi connectivity index (χ4n) is 5.02. The molecule has 1 saturated carbocycles. The molecule has 4 aromatic rings. The smallest absolute Gasteiger partial charge is 0.222 e. The lowest BCUT2D eigenvalue weighted by Gasteiger charge is -2.35. The number of pyridine rings is 2. The minimum absolute atomic E-state index is 0.344. The lowest BCUT2D eigenvalue weighted by atomic mass is 10.1. The van der Waals surface area contributed by atoms with Crippen LogP contribution in [-0.2, 0) is 17.8 Å². The SMILES string of the molecule is Cc1cccc(-c2ccc3nc(Cc4cc(CN5CCN(C(=O)CC6CC6)CC5)ccn4)[nH]c3c2)n1. The first kappa shape index (κ1) is 22.9. The molecule has 1 amide bonds. The second kappa shape index (κ2) is 9.82. The monoisotopic (exact) mass is 480 g/mol. The van der Waals surface area contributed by atoms with Gasteiger partial charge >= 0.3 is 0 Å². The van der Waals surface area contributed by atoms with Gasteiger partial charge in [0, 0.05) is 68.7 Å². The Morgan fingerprint density at radius 1 is 1.03 bits per heavy atom. The molecule has 2 fully saturated rings. The van der Waals surface area contributed by atoms with Crippen LogP contribution in [0.2, 0.25) is 0 Å². The van der Waals surface area contributed by atoms with Gasteiger partial charge in [0.25, 0.3) is 0 Å². The van der Waals surface area contributed by atoms with Crippen LogP contribution >= 0.6 is 0 Å². The van der Waals surface area contributed by atoms with Gasteiger partial charge < -0.3 is 9.88 Å². The maximum atomic E-state index is 12.4. The van der Waals surface area contributed by atoms with E-state index in [1.807, 2.05) is 37.4 Å². The molecule has 3 aromatic heterocycles. The number of hydrogen-bond acceptors (Lipinski definition) is 5. The van der Waals surface area contributed by atoms with Gasteiger partial charge in [-0.05, 0) is 67.6 Å². The molecule has 0 atom stereocenters. The van der Waals surface area contributed by atoms with Crippen molar-refractivity contribution in [2.24, 2.45) is 5.92 Å². The number of imidazole rings is 1. The molecule has 1 aromatic carbocycles. The van der Waals surface area contributed by atoms with Crippen LogP contribution in [0.5, 0.6) is 0 Å². The molecule has 0 radical (unpaired) electrons. The summed E-state index contributed by atoms with van der Waals surface area (Å²) < 4.78 is 0. The maximum Gasteiger partial charge on any atom is 0.222 e. The average Bonchev–Trinajstić information content (AvgIpc) is 3.60. The summed E-state index contributed by atoms with van der Waals surface area (Å²) in [5.41, 5.74) is 7.27. The van der Waals surface area contributed by atoms with Crippen molar-refractivity contribution in [2.75, 3.05) is 26.2 Å². The van der Waals surface area contributed by atoms with E-state index in [9.17, 15) is 4.79 Å². The Hall–Kier alpha value is -3.58. The van der Waals surface area contributed by atoms with Crippen LogP contribution in [0, 0.1) is 12.8 Å². The van der Waals surface area contributed by atoms with Gasteiger partial charge in [0.1, 0.15) is 5.82 Å². The number of fused-ring (bicyclic) bond motifs is 1. The second-order valence-corrected chi connectivity index (χ2v) is 10.2. The molecule has 4 heterocycles. The van der Waals surface area contributed by atoms with Crippen LogP contribution in [0.15, 0.2) is 54.7 Å². The number of nitrogens with one attached hydrogen (secondary N) is 1. The fraction of sp³-hybridized carbons (Fsp3) is 0.379. The number of rotatable bonds is 7. The van der Waals surface area contributed by atoms with Crippen LogP contribution in [-0.4, -0.2) is 61.8 Å². The van der Waals surface area contributed by atoms with Crippen molar-refractivity contribution in [2.45, 2.75) is 39.2 Å². The van der Waals surface area contributed by atoms with E-state index < -0.39 is 0 Å². The normalized spacial score (nSPS) is 16.5. The third kappa shape index (κ3) is 5.31. The summed E-state index contributed by atoms with van der Waals surface area (Å²) in [6.45, 7) is 6.41. The number of carbonyl (C=O) groups is 1. The molecule has 7 heteroatoms. The van der Waals surface area contributed by atoms with Crippen LogP contribution in [0.25, 0.3) is 22.3 Å². The number of aryl methyl sites for hydroxylation is 1. The van der Waals surface area contributed by atoms with Crippen molar-refractivity contribution in [1.82, 2.24) is 29.7 Å². The predicted octanol–water partition coefficient (Wildman–Crippen LogP) is 4.36. The minimum atomic E-state index is 0.344. The number of piperazine rings is 1. The van der Waals surface area contributed by atoms with Crippen molar-refractivity contribution in [1.29, 1.82) is 0 Å². The Balaban J connectivity index is 1.09. The third-order valence-corrected chi connectivity index (χ3v) is 7.24. The van der Waals surface area contributed by atoms with Gasteiger partial charge in [-0.2, -0.15) is 0 Å². The zero-order chi connectivity index (χ0) is 24.5. The zero-order valence-corrected chi connectivity index (χ0v) is 20.8. The molecule has 0 unspecified atom stereocenters. The Labute approximate surface area is 211 Å².